The highest BCUT2D eigenvalue weighted by molar-refractivity contribution is 7.89. The summed E-state index contributed by atoms with van der Waals surface area (Å²) in [5.41, 5.74) is 1.16. The number of sulfonamides is 1. The van der Waals surface area contributed by atoms with E-state index in [0.29, 0.717) is 38.5 Å². The first-order valence-electron chi connectivity index (χ1n) is 9.10. The number of amides is 1. The lowest BCUT2D eigenvalue weighted by atomic mass is 10.1. The second-order valence-corrected chi connectivity index (χ2v) is 8.68. The molecule has 28 heavy (non-hydrogen) atoms. The summed E-state index contributed by atoms with van der Waals surface area (Å²) < 4.78 is 32.7. The Balaban J connectivity index is 1.82. The SMILES string of the molecule is COc1ccc(S(=O)(=O)N2CCN(C)CC2)cc1C(=O)NCc1ccccc1. The van der Waals surface area contributed by atoms with E-state index < -0.39 is 10.0 Å². The van der Waals surface area contributed by atoms with Crippen LogP contribution in [0.3, 0.4) is 0 Å². The molecule has 0 radical (unpaired) electrons. The highest BCUT2D eigenvalue weighted by Gasteiger charge is 2.28. The van der Waals surface area contributed by atoms with Gasteiger partial charge in [-0.2, -0.15) is 4.31 Å². The van der Waals surface area contributed by atoms with Crippen LogP contribution in [-0.2, 0) is 16.6 Å². The van der Waals surface area contributed by atoms with E-state index in [-0.39, 0.29) is 16.4 Å². The standard InChI is InChI=1S/C20H25N3O4S/c1-22-10-12-23(13-11-22)28(25,26)17-8-9-19(27-2)18(14-17)20(24)21-15-16-6-4-3-5-7-16/h3-9,14H,10-13,15H2,1-2H3,(H,21,24). The first-order valence-corrected chi connectivity index (χ1v) is 10.5. The number of hydrogen-bond donors (Lipinski definition) is 1. The molecule has 0 bridgehead atoms. The van der Waals surface area contributed by atoms with E-state index in [9.17, 15) is 13.2 Å². The molecule has 8 heteroatoms. The summed E-state index contributed by atoms with van der Waals surface area (Å²) in [6.45, 7) is 2.57. The second-order valence-electron chi connectivity index (χ2n) is 6.74. The minimum absolute atomic E-state index is 0.0997. The summed E-state index contributed by atoms with van der Waals surface area (Å²) >= 11 is 0. The molecule has 0 aliphatic carbocycles. The van der Waals surface area contributed by atoms with Crippen LogP contribution in [0.5, 0.6) is 5.75 Å². The van der Waals surface area contributed by atoms with Crippen molar-refractivity contribution in [3.63, 3.8) is 0 Å². The molecule has 1 saturated heterocycles. The summed E-state index contributed by atoms with van der Waals surface area (Å²) in [6, 6.07) is 13.9. The molecule has 2 aromatic carbocycles. The van der Waals surface area contributed by atoms with Gasteiger partial charge in [0.2, 0.25) is 10.0 Å². The smallest absolute Gasteiger partial charge is 0.255 e. The topological polar surface area (TPSA) is 79.0 Å². The van der Waals surface area contributed by atoms with Gasteiger partial charge in [-0.05, 0) is 30.8 Å². The molecular formula is C20H25N3O4S. The van der Waals surface area contributed by atoms with Crippen LogP contribution >= 0.6 is 0 Å². The summed E-state index contributed by atoms with van der Waals surface area (Å²) in [5, 5.41) is 2.82. The number of likely N-dealkylation sites (N-methyl/N-ethyl adjacent to an activating group) is 1. The monoisotopic (exact) mass is 403 g/mol. The Hall–Kier alpha value is -2.42. The zero-order valence-corrected chi connectivity index (χ0v) is 16.9. The van der Waals surface area contributed by atoms with E-state index in [1.54, 1.807) is 0 Å². The summed E-state index contributed by atoms with van der Waals surface area (Å²) in [4.78, 5) is 14.9. The van der Waals surface area contributed by atoms with Gasteiger partial charge in [-0.25, -0.2) is 8.42 Å². The average Bonchev–Trinajstić information content (AvgIpc) is 2.72. The minimum atomic E-state index is -3.66. The van der Waals surface area contributed by atoms with Crippen LogP contribution in [0.4, 0.5) is 0 Å². The molecule has 1 aliphatic heterocycles. The number of hydrogen-bond acceptors (Lipinski definition) is 5. The normalized spacial score (nSPS) is 15.9. The van der Waals surface area contributed by atoms with Crippen LogP contribution < -0.4 is 10.1 Å². The number of rotatable bonds is 6. The Morgan fingerprint density at radius 3 is 2.39 bits per heavy atom. The molecule has 3 rings (SSSR count). The molecule has 150 valence electrons. The van der Waals surface area contributed by atoms with Crippen LogP contribution in [0.1, 0.15) is 15.9 Å². The van der Waals surface area contributed by atoms with Gasteiger partial charge in [-0.3, -0.25) is 4.79 Å². The Morgan fingerprint density at radius 1 is 1.07 bits per heavy atom. The fraction of sp³-hybridized carbons (Fsp3) is 0.350. The van der Waals surface area contributed by atoms with Crippen LogP contribution in [0.25, 0.3) is 0 Å². The van der Waals surface area contributed by atoms with E-state index in [4.69, 9.17) is 4.74 Å². The zero-order valence-electron chi connectivity index (χ0n) is 16.1. The van der Waals surface area contributed by atoms with E-state index in [1.165, 1.54) is 29.6 Å². The molecular weight excluding hydrogens is 378 g/mol. The Morgan fingerprint density at radius 2 is 1.75 bits per heavy atom. The van der Waals surface area contributed by atoms with Crippen LogP contribution in [0.15, 0.2) is 53.4 Å². The van der Waals surface area contributed by atoms with E-state index >= 15 is 0 Å². The summed E-state index contributed by atoms with van der Waals surface area (Å²) in [5.74, 6) is -0.0426. The minimum Gasteiger partial charge on any atom is -0.496 e. The van der Waals surface area contributed by atoms with Crippen LogP contribution in [0.2, 0.25) is 0 Å². The first-order chi connectivity index (χ1) is 13.4. The van der Waals surface area contributed by atoms with E-state index in [0.717, 1.165) is 5.56 Å². The number of piperazine rings is 1. The predicted octanol–water partition coefficient (Wildman–Crippen LogP) is 1.56. The summed E-state index contributed by atoms with van der Waals surface area (Å²) in [7, 11) is -0.241. The predicted molar refractivity (Wildman–Crippen MR) is 107 cm³/mol. The van der Waals surface area contributed by atoms with Crippen molar-refractivity contribution in [3.05, 3.63) is 59.7 Å². The quantitative estimate of drug-likeness (QED) is 0.792. The summed E-state index contributed by atoms with van der Waals surface area (Å²) in [6.07, 6.45) is 0. The third kappa shape index (κ3) is 4.52. The van der Waals surface area contributed by atoms with Gasteiger partial charge in [-0.15, -0.1) is 0 Å². The van der Waals surface area contributed by atoms with Gasteiger partial charge in [-0.1, -0.05) is 30.3 Å². The van der Waals surface area contributed by atoms with E-state index in [1.807, 2.05) is 37.4 Å². The van der Waals surface area contributed by atoms with Crippen LogP contribution in [0, 0.1) is 0 Å². The van der Waals surface area contributed by atoms with Gasteiger partial charge >= 0.3 is 0 Å². The molecule has 0 saturated carbocycles. The lowest BCUT2D eigenvalue weighted by molar-refractivity contribution is 0.0947. The van der Waals surface area contributed by atoms with Crippen molar-refractivity contribution in [2.45, 2.75) is 11.4 Å². The fourth-order valence-corrected chi connectivity index (χ4v) is 4.52. The Bertz CT molecular complexity index is 924. The van der Waals surface area contributed by atoms with Gasteiger partial charge in [0.1, 0.15) is 5.75 Å². The maximum atomic E-state index is 13.0. The lowest BCUT2D eigenvalue weighted by Crippen LogP contribution is -2.47. The number of methoxy groups -OCH3 is 1. The maximum Gasteiger partial charge on any atom is 0.255 e. The number of benzene rings is 2. The molecule has 0 unspecified atom stereocenters. The molecule has 1 amide bonds. The lowest BCUT2D eigenvalue weighted by Gasteiger charge is -2.31. The van der Waals surface area contributed by atoms with Crippen molar-refractivity contribution in [3.8, 4) is 5.75 Å². The number of nitrogens with one attached hydrogen (secondary N) is 1. The molecule has 1 heterocycles. The van der Waals surface area contributed by atoms with Gasteiger partial charge in [0, 0.05) is 32.7 Å². The van der Waals surface area contributed by atoms with Crippen molar-refractivity contribution in [2.24, 2.45) is 0 Å². The van der Waals surface area contributed by atoms with Crippen molar-refractivity contribution in [1.29, 1.82) is 0 Å². The van der Waals surface area contributed by atoms with Gasteiger partial charge in [0.05, 0.1) is 17.6 Å². The third-order valence-corrected chi connectivity index (χ3v) is 6.71. The van der Waals surface area contributed by atoms with Crippen molar-refractivity contribution >= 4 is 15.9 Å². The average molecular weight is 404 g/mol. The number of carbonyl (C=O) groups is 1. The Kier molecular flexibility index (Phi) is 6.33. The third-order valence-electron chi connectivity index (χ3n) is 4.81. The molecule has 0 atom stereocenters. The highest BCUT2D eigenvalue weighted by atomic mass is 32.2. The molecule has 2 aromatic rings. The van der Waals surface area contributed by atoms with Gasteiger partial charge in [0.25, 0.3) is 5.91 Å². The fourth-order valence-electron chi connectivity index (χ4n) is 3.08. The number of ether oxygens (including phenoxy) is 1. The largest absolute Gasteiger partial charge is 0.496 e. The molecule has 1 aliphatic rings. The zero-order chi connectivity index (χ0) is 20.1. The second kappa shape index (κ2) is 8.72. The van der Waals surface area contributed by atoms with Crippen molar-refractivity contribution in [1.82, 2.24) is 14.5 Å². The van der Waals surface area contributed by atoms with E-state index in [2.05, 4.69) is 10.2 Å². The molecule has 0 spiro atoms. The molecule has 0 aromatic heterocycles. The Labute approximate surface area is 166 Å². The first kappa shape index (κ1) is 20.3. The number of nitrogens with zero attached hydrogens (tertiary/aromatic N) is 2. The molecule has 1 fully saturated rings. The molecule has 7 nitrogen and oxygen atoms in total. The number of carbonyl (C=O) groups excluding carboxylic acids is 1. The highest BCUT2D eigenvalue weighted by Crippen LogP contribution is 2.25. The molecule has 1 N–H and O–H groups in total. The van der Waals surface area contributed by atoms with Crippen molar-refractivity contribution in [2.75, 3.05) is 40.3 Å². The van der Waals surface area contributed by atoms with Crippen molar-refractivity contribution < 1.29 is 17.9 Å². The van der Waals surface area contributed by atoms with Gasteiger partial charge < -0.3 is 15.0 Å². The van der Waals surface area contributed by atoms with Crippen LogP contribution in [-0.4, -0.2) is 63.9 Å². The van der Waals surface area contributed by atoms with Gasteiger partial charge in [0.15, 0.2) is 0 Å². The maximum absolute atomic E-state index is 13.0.